The maximum atomic E-state index is 10.7. The van der Waals surface area contributed by atoms with Crippen molar-refractivity contribution in [2.24, 2.45) is 5.73 Å². The van der Waals surface area contributed by atoms with Crippen molar-refractivity contribution in [3.63, 3.8) is 0 Å². The maximum Gasteiger partial charge on any atom is 0.290 e. The van der Waals surface area contributed by atoms with E-state index >= 15 is 0 Å². The van der Waals surface area contributed by atoms with Crippen LogP contribution in [0.2, 0.25) is 0 Å². The van der Waals surface area contributed by atoms with E-state index in [-0.39, 0.29) is 11.7 Å². The van der Waals surface area contributed by atoms with Crippen LogP contribution in [-0.2, 0) is 0 Å². The molecule has 0 saturated carbocycles. The lowest BCUT2D eigenvalue weighted by Crippen LogP contribution is -2.12. The van der Waals surface area contributed by atoms with Gasteiger partial charge < -0.3 is 10.3 Å². The average molecular weight is 220 g/mol. The molecule has 2 N–H and O–H groups in total. The van der Waals surface area contributed by atoms with Crippen LogP contribution < -0.4 is 5.73 Å². The Kier molecular flexibility index (Phi) is 2.19. The predicted octanol–water partition coefficient (Wildman–Crippen LogP) is 0.769. The Hall–Kier alpha value is -2.20. The summed E-state index contributed by atoms with van der Waals surface area (Å²) in [6.45, 7) is 0. The maximum absolute atomic E-state index is 10.7. The van der Waals surface area contributed by atoms with Crippen LogP contribution in [-0.4, -0.2) is 16.0 Å². The highest BCUT2D eigenvalue weighted by atomic mass is 32.1. The Morgan fingerprint density at radius 3 is 3.07 bits per heavy atom. The molecule has 0 aromatic carbocycles. The molecule has 0 fully saturated rings. The quantitative estimate of drug-likeness (QED) is 0.804. The number of carbonyl (C=O) groups is 1. The number of carbonyl (C=O) groups excluding carboxylic acids is 1. The number of thiophene rings is 1. The minimum absolute atomic E-state index is 0.135. The monoisotopic (exact) mass is 220 g/mol. The number of nitrogens with zero attached hydrogens (tertiary/aromatic N) is 3. The standard InChI is InChI=1S/C8H4N4O2S/c9-3-4-1-2-15-5(4)8-11-7(6(10)13)12-14-8/h1-2H,(H2,10,13). The van der Waals surface area contributed by atoms with E-state index in [2.05, 4.69) is 10.1 Å². The van der Waals surface area contributed by atoms with E-state index in [0.29, 0.717) is 10.4 Å². The van der Waals surface area contributed by atoms with Crippen LogP contribution in [0.25, 0.3) is 10.8 Å². The first-order valence-electron chi connectivity index (χ1n) is 3.84. The number of hydrogen-bond donors (Lipinski definition) is 1. The fourth-order valence-electron chi connectivity index (χ4n) is 0.979. The number of primary amides is 1. The van der Waals surface area contributed by atoms with E-state index in [1.54, 1.807) is 11.4 Å². The second-order valence-electron chi connectivity index (χ2n) is 2.56. The van der Waals surface area contributed by atoms with Gasteiger partial charge in [-0.05, 0) is 11.4 Å². The first-order chi connectivity index (χ1) is 7.22. The molecule has 0 spiro atoms. The minimum Gasteiger partial charge on any atom is -0.363 e. The zero-order valence-electron chi connectivity index (χ0n) is 7.30. The lowest BCUT2D eigenvalue weighted by atomic mass is 10.3. The highest BCUT2D eigenvalue weighted by Crippen LogP contribution is 2.27. The first-order valence-corrected chi connectivity index (χ1v) is 4.72. The smallest absolute Gasteiger partial charge is 0.290 e. The van der Waals surface area contributed by atoms with Gasteiger partial charge in [-0.2, -0.15) is 10.2 Å². The molecule has 2 aromatic rings. The van der Waals surface area contributed by atoms with Gasteiger partial charge in [0.05, 0.1) is 5.56 Å². The Morgan fingerprint density at radius 1 is 1.67 bits per heavy atom. The van der Waals surface area contributed by atoms with Gasteiger partial charge >= 0.3 is 0 Å². The van der Waals surface area contributed by atoms with Crippen molar-refractivity contribution < 1.29 is 9.32 Å². The second kappa shape index (κ2) is 3.51. The van der Waals surface area contributed by atoms with Crippen LogP contribution >= 0.6 is 11.3 Å². The van der Waals surface area contributed by atoms with E-state index in [0.717, 1.165) is 0 Å². The summed E-state index contributed by atoms with van der Waals surface area (Å²) in [5.41, 5.74) is 5.40. The average Bonchev–Trinajstić information content (AvgIpc) is 2.85. The molecule has 0 aliphatic heterocycles. The molecule has 2 aromatic heterocycles. The molecule has 74 valence electrons. The van der Waals surface area contributed by atoms with Gasteiger partial charge in [0.25, 0.3) is 17.6 Å². The number of nitriles is 1. The minimum atomic E-state index is -0.764. The summed E-state index contributed by atoms with van der Waals surface area (Å²) in [4.78, 5) is 15.0. The molecule has 1 amide bonds. The molecule has 15 heavy (non-hydrogen) atoms. The first kappa shape index (κ1) is 9.36. The molecule has 6 nitrogen and oxygen atoms in total. The number of rotatable bonds is 2. The molecule has 2 heterocycles. The summed E-state index contributed by atoms with van der Waals surface area (Å²) < 4.78 is 4.81. The molecule has 0 unspecified atom stereocenters. The van der Waals surface area contributed by atoms with Crippen LogP contribution in [0.3, 0.4) is 0 Å². The highest BCUT2D eigenvalue weighted by molar-refractivity contribution is 7.13. The molecule has 0 aliphatic rings. The summed E-state index contributed by atoms with van der Waals surface area (Å²) in [5.74, 6) is -0.822. The SMILES string of the molecule is N#Cc1ccsc1-c1nc(C(N)=O)no1. The van der Waals surface area contributed by atoms with E-state index in [4.69, 9.17) is 15.5 Å². The van der Waals surface area contributed by atoms with Gasteiger partial charge in [-0.3, -0.25) is 4.79 Å². The number of amides is 1. The Morgan fingerprint density at radius 2 is 2.47 bits per heavy atom. The van der Waals surface area contributed by atoms with Crippen molar-refractivity contribution in [1.29, 1.82) is 5.26 Å². The van der Waals surface area contributed by atoms with Crippen molar-refractivity contribution in [3.8, 4) is 16.8 Å². The van der Waals surface area contributed by atoms with Crippen LogP contribution in [0.4, 0.5) is 0 Å². The number of aromatic nitrogens is 2. The lowest BCUT2D eigenvalue weighted by Gasteiger charge is -1.86. The summed E-state index contributed by atoms with van der Waals surface area (Å²) in [5, 5.41) is 13.9. The fourth-order valence-corrected chi connectivity index (χ4v) is 1.74. The zero-order chi connectivity index (χ0) is 10.8. The van der Waals surface area contributed by atoms with Gasteiger partial charge in [0.1, 0.15) is 10.9 Å². The van der Waals surface area contributed by atoms with Gasteiger partial charge in [-0.1, -0.05) is 5.16 Å². The lowest BCUT2D eigenvalue weighted by molar-refractivity contribution is 0.0987. The van der Waals surface area contributed by atoms with Crippen molar-refractivity contribution >= 4 is 17.2 Å². The fraction of sp³-hybridized carbons (Fsp3) is 0. The van der Waals surface area contributed by atoms with E-state index in [9.17, 15) is 4.79 Å². The number of hydrogen-bond acceptors (Lipinski definition) is 6. The molecule has 0 bridgehead atoms. The molecule has 0 atom stereocenters. The van der Waals surface area contributed by atoms with Gasteiger partial charge in [-0.15, -0.1) is 11.3 Å². The molecular formula is C8H4N4O2S. The third-order valence-corrected chi connectivity index (χ3v) is 2.53. The zero-order valence-corrected chi connectivity index (χ0v) is 8.11. The summed E-state index contributed by atoms with van der Waals surface area (Å²) in [6.07, 6.45) is 0. The van der Waals surface area contributed by atoms with Crippen molar-refractivity contribution in [1.82, 2.24) is 10.1 Å². The third-order valence-electron chi connectivity index (χ3n) is 1.63. The Labute approximate surface area is 87.9 Å². The summed E-state index contributed by atoms with van der Waals surface area (Å²) in [7, 11) is 0. The van der Waals surface area contributed by atoms with E-state index in [1.807, 2.05) is 6.07 Å². The van der Waals surface area contributed by atoms with Crippen LogP contribution in [0.1, 0.15) is 16.2 Å². The van der Waals surface area contributed by atoms with Crippen molar-refractivity contribution in [3.05, 3.63) is 22.8 Å². The van der Waals surface area contributed by atoms with E-state index < -0.39 is 5.91 Å². The Balaban J connectivity index is 2.47. The molecule has 0 saturated heterocycles. The summed E-state index contributed by atoms with van der Waals surface area (Å²) >= 11 is 1.28. The highest BCUT2D eigenvalue weighted by Gasteiger charge is 2.16. The van der Waals surface area contributed by atoms with Crippen molar-refractivity contribution in [2.45, 2.75) is 0 Å². The van der Waals surface area contributed by atoms with Crippen LogP contribution in [0, 0.1) is 11.3 Å². The molecular weight excluding hydrogens is 216 g/mol. The van der Waals surface area contributed by atoms with Gasteiger partial charge in [0.15, 0.2) is 0 Å². The van der Waals surface area contributed by atoms with Gasteiger partial charge in [0.2, 0.25) is 0 Å². The number of nitrogens with two attached hydrogens (primary N) is 1. The second-order valence-corrected chi connectivity index (χ2v) is 3.48. The Bertz CT molecular complexity index is 551. The summed E-state index contributed by atoms with van der Waals surface area (Å²) in [6, 6.07) is 3.61. The molecule has 2 rings (SSSR count). The van der Waals surface area contributed by atoms with Crippen LogP contribution in [0.15, 0.2) is 16.0 Å². The van der Waals surface area contributed by atoms with Gasteiger partial charge in [-0.25, -0.2) is 0 Å². The van der Waals surface area contributed by atoms with Gasteiger partial charge in [0, 0.05) is 0 Å². The molecule has 7 heteroatoms. The normalized spacial score (nSPS) is 9.80. The topological polar surface area (TPSA) is 106 Å². The van der Waals surface area contributed by atoms with Crippen molar-refractivity contribution in [2.75, 3.05) is 0 Å². The molecule has 0 radical (unpaired) electrons. The van der Waals surface area contributed by atoms with Crippen LogP contribution in [0.5, 0.6) is 0 Å². The van der Waals surface area contributed by atoms with E-state index in [1.165, 1.54) is 11.3 Å². The largest absolute Gasteiger partial charge is 0.363 e. The molecule has 0 aliphatic carbocycles. The predicted molar refractivity (Wildman–Crippen MR) is 50.8 cm³/mol. The third kappa shape index (κ3) is 1.58.